The molecule has 2 aromatic rings. The number of fused-ring (bicyclic) bond motifs is 3. The van der Waals surface area contributed by atoms with Crippen molar-refractivity contribution in [2.45, 2.75) is 45.4 Å². The summed E-state index contributed by atoms with van der Waals surface area (Å²) in [6.07, 6.45) is 3.35. The van der Waals surface area contributed by atoms with Gasteiger partial charge in [0, 0.05) is 25.0 Å². The van der Waals surface area contributed by atoms with Gasteiger partial charge in [-0.25, -0.2) is 9.78 Å². The smallest absolute Gasteiger partial charge is 0.210 e. The van der Waals surface area contributed by atoms with Crippen molar-refractivity contribution in [1.29, 1.82) is 0 Å². The van der Waals surface area contributed by atoms with Crippen LogP contribution in [0.4, 0.5) is 5.69 Å². The van der Waals surface area contributed by atoms with Gasteiger partial charge in [0.1, 0.15) is 6.54 Å². The SMILES string of the molecule is COOCCCCC[N+]1=C(C)C(C)(C)c2c1ccc1ccccc21. The molecule has 3 heteroatoms. The fourth-order valence-corrected chi connectivity index (χ4v) is 3.82. The Morgan fingerprint density at radius 2 is 1.79 bits per heavy atom. The van der Waals surface area contributed by atoms with Crippen LogP contribution in [0.15, 0.2) is 36.4 Å². The second-order valence-electron chi connectivity index (χ2n) is 7.09. The van der Waals surface area contributed by atoms with Crippen molar-refractivity contribution in [3.05, 3.63) is 42.0 Å². The molecule has 1 heterocycles. The fourth-order valence-electron chi connectivity index (χ4n) is 3.82. The third-order valence-corrected chi connectivity index (χ3v) is 5.36. The average Bonchev–Trinajstić information content (AvgIpc) is 2.78. The molecule has 0 N–H and O–H groups in total. The average molecular weight is 326 g/mol. The first-order valence-corrected chi connectivity index (χ1v) is 8.87. The zero-order valence-corrected chi connectivity index (χ0v) is 15.3. The zero-order chi connectivity index (χ0) is 17.2. The summed E-state index contributed by atoms with van der Waals surface area (Å²) in [5, 5.41) is 2.71. The number of hydrogen-bond acceptors (Lipinski definition) is 2. The molecule has 0 saturated carbocycles. The molecule has 0 aliphatic carbocycles. The van der Waals surface area contributed by atoms with Gasteiger partial charge < -0.3 is 0 Å². The minimum atomic E-state index is 0.0787. The van der Waals surface area contributed by atoms with Gasteiger partial charge in [0.2, 0.25) is 5.69 Å². The van der Waals surface area contributed by atoms with Gasteiger partial charge in [0.05, 0.1) is 19.1 Å². The molecule has 1 aliphatic heterocycles. The highest BCUT2D eigenvalue weighted by Crippen LogP contribution is 2.43. The zero-order valence-electron chi connectivity index (χ0n) is 15.3. The summed E-state index contributed by atoms with van der Waals surface area (Å²) in [7, 11) is 1.56. The summed E-state index contributed by atoms with van der Waals surface area (Å²) in [5.41, 5.74) is 4.38. The summed E-state index contributed by atoms with van der Waals surface area (Å²) in [6.45, 7) is 8.71. The fraction of sp³-hybridized carbons (Fsp3) is 0.476. The lowest BCUT2D eigenvalue weighted by atomic mass is 9.80. The molecule has 0 fully saturated rings. The van der Waals surface area contributed by atoms with E-state index in [4.69, 9.17) is 4.89 Å². The van der Waals surface area contributed by atoms with Gasteiger partial charge in [-0.15, -0.1) is 0 Å². The third-order valence-electron chi connectivity index (χ3n) is 5.36. The number of hydrogen-bond donors (Lipinski definition) is 0. The van der Waals surface area contributed by atoms with Crippen molar-refractivity contribution in [3.8, 4) is 0 Å². The van der Waals surface area contributed by atoms with Crippen LogP contribution in [0.5, 0.6) is 0 Å². The molecule has 0 spiro atoms. The van der Waals surface area contributed by atoms with E-state index in [-0.39, 0.29) is 5.41 Å². The van der Waals surface area contributed by atoms with Gasteiger partial charge >= 0.3 is 0 Å². The van der Waals surface area contributed by atoms with Crippen LogP contribution in [0.3, 0.4) is 0 Å². The molecule has 0 bridgehead atoms. The second-order valence-corrected chi connectivity index (χ2v) is 7.09. The standard InChI is InChI=1S/C21H28NO2/c1-16-21(2,3)20-18-11-7-6-10-17(18)12-13-19(20)22(16)14-8-5-9-15-24-23-4/h6-7,10-13H,5,8-9,14-15H2,1-4H3/q+1. The summed E-state index contributed by atoms with van der Waals surface area (Å²) < 4.78 is 2.51. The lowest BCUT2D eigenvalue weighted by Crippen LogP contribution is -2.26. The van der Waals surface area contributed by atoms with Crippen LogP contribution in [0, 0.1) is 0 Å². The second kappa shape index (κ2) is 7.04. The van der Waals surface area contributed by atoms with E-state index in [1.165, 1.54) is 27.7 Å². The Bertz CT molecular complexity index is 762. The number of benzene rings is 2. The van der Waals surface area contributed by atoms with Gasteiger partial charge in [-0.2, -0.15) is 4.58 Å². The maximum absolute atomic E-state index is 4.95. The first-order chi connectivity index (χ1) is 11.6. The van der Waals surface area contributed by atoms with Crippen molar-refractivity contribution >= 4 is 22.2 Å². The monoisotopic (exact) mass is 326 g/mol. The highest BCUT2D eigenvalue weighted by atomic mass is 17.2. The van der Waals surface area contributed by atoms with Crippen LogP contribution in [-0.2, 0) is 15.2 Å². The lowest BCUT2D eigenvalue weighted by molar-refractivity contribution is -0.439. The molecule has 0 unspecified atom stereocenters. The maximum atomic E-state index is 4.95. The van der Waals surface area contributed by atoms with Crippen molar-refractivity contribution in [2.24, 2.45) is 0 Å². The first kappa shape index (κ1) is 17.1. The molecule has 2 aromatic carbocycles. The van der Waals surface area contributed by atoms with E-state index in [1.54, 1.807) is 7.11 Å². The Morgan fingerprint density at radius 3 is 2.58 bits per heavy atom. The Morgan fingerprint density at radius 1 is 1.00 bits per heavy atom. The summed E-state index contributed by atoms with van der Waals surface area (Å²) >= 11 is 0. The van der Waals surface area contributed by atoms with E-state index >= 15 is 0 Å². The molecule has 128 valence electrons. The molecule has 3 nitrogen and oxygen atoms in total. The third kappa shape index (κ3) is 2.99. The van der Waals surface area contributed by atoms with Gasteiger partial charge in [-0.3, -0.25) is 0 Å². The first-order valence-electron chi connectivity index (χ1n) is 8.87. The van der Waals surface area contributed by atoms with Crippen molar-refractivity contribution in [2.75, 3.05) is 20.3 Å². The molecule has 24 heavy (non-hydrogen) atoms. The van der Waals surface area contributed by atoms with Crippen LogP contribution < -0.4 is 0 Å². The summed E-state index contributed by atoms with van der Waals surface area (Å²) in [4.78, 5) is 9.58. The minimum absolute atomic E-state index is 0.0787. The maximum Gasteiger partial charge on any atom is 0.210 e. The Labute approximate surface area is 144 Å². The normalized spacial score (nSPS) is 16.0. The number of unbranched alkanes of at least 4 members (excludes halogenated alkanes) is 2. The van der Waals surface area contributed by atoms with Gasteiger partial charge in [0.25, 0.3) is 0 Å². The molecule has 0 radical (unpaired) electrons. The highest BCUT2D eigenvalue weighted by molar-refractivity contribution is 6.01. The quantitative estimate of drug-likeness (QED) is 0.309. The largest absolute Gasteiger partial charge is 0.240 e. The molecule has 0 atom stereocenters. The molecule has 1 aliphatic rings. The van der Waals surface area contributed by atoms with Crippen molar-refractivity contribution in [1.82, 2.24) is 0 Å². The van der Waals surface area contributed by atoms with E-state index in [9.17, 15) is 0 Å². The molecule has 0 amide bonds. The Balaban J connectivity index is 1.84. The predicted molar refractivity (Wildman–Crippen MR) is 99.3 cm³/mol. The minimum Gasteiger partial charge on any atom is -0.240 e. The Kier molecular flexibility index (Phi) is 5.02. The van der Waals surface area contributed by atoms with E-state index in [1.807, 2.05) is 0 Å². The van der Waals surface area contributed by atoms with Gasteiger partial charge in [-0.05, 0) is 43.5 Å². The summed E-state index contributed by atoms with van der Waals surface area (Å²) in [6, 6.07) is 13.3. The van der Waals surface area contributed by atoms with Crippen molar-refractivity contribution in [3.63, 3.8) is 0 Å². The van der Waals surface area contributed by atoms with E-state index in [2.05, 4.69) is 66.6 Å². The highest BCUT2D eigenvalue weighted by Gasteiger charge is 2.43. The van der Waals surface area contributed by atoms with E-state index in [0.29, 0.717) is 6.61 Å². The van der Waals surface area contributed by atoms with Crippen LogP contribution in [0.2, 0.25) is 0 Å². The number of rotatable bonds is 7. The molecule has 3 rings (SSSR count). The van der Waals surface area contributed by atoms with Gasteiger partial charge in [0.15, 0.2) is 5.71 Å². The van der Waals surface area contributed by atoms with Crippen LogP contribution in [-0.4, -0.2) is 30.5 Å². The lowest BCUT2D eigenvalue weighted by Gasteiger charge is -2.17. The summed E-state index contributed by atoms with van der Waals surface area (Å²) in [5.74, 6) is 0. The van der Waals surface area contributed by atoms with Crippen molar-refractivity contribution < 1.29 is 14.4 Å². The van der Waals surface area contributed by atoms with Crippen LogP contribution >= 0.6 is 0 Å². The molecular weight excluding hydrogens is 298 g/mol. The number of nitrogens with zero attached hydrogens (tertiary/aromatic N) is 1. The van der Waals surface area contributed by atoms with Gasteiger partial charge in [-0.1, -0.05) is 24.3 Å². The predicted octanol–water partition coefficient (Wildman–Crippen LogP) is 4.98. The van der Waals surface area contributed by atoms with E-state index in [0.717, 1.165) is 25.8 Å². The topological polar surface area (TPSA) is 21.5 Å². The Hall–Kier alpha value is -1.71. The van der Waals surface area contributed by atoms with Crippen LogP contribution in [0.25, 0.3) is 10.8 Å². The van der Waals surface area contributed by atoms with E-state index < -0.39 is 0 Å². The molecule has 0 saturated heterocycles. The molecular formula is C21H28NO2+. The molecule has 0 aromatic heterocycles. The van der Waals surface area contributed by atoms with Crippen LogP contribution in [0.1, 0.15) is 45.6 Å².